The molecule has 0 heterocycles. The fourth-order valence-electron chi connectivity index (χ4n) is 1.18. The Morgan fingerprint density at radius 2 is 2.12 bits per heavy atom. The molecule has 3 nitrogen and oxygen atoms in total. The van der Waals surface area contributed by atoms with E-state index in [1.54, 1.807) is 23.9 Å². The van der Waals surface area contributed by atoms with E-state index in [4.69, 9.17) is 5.73 Å². The number of rotatable bonds is 5. The average Bonchev–Trinajstić information content (AvgIpc) is 2.21. The lowest BCUT2D eigenvalue weighted by Crippen LogP contribution is -2.15. The summed E-state index contributed by atoms with van der Waals surface area (Å²) < 4.78 is 0. The summed E-state index contributed by atoms with van der Waals surface area (Å²) >= 11 is 1.64. The maximum atomic E-state index is 11.6. The molecule has 1 amide bonds. The lowest BCUT2D eigenvalue weighted by Gasteiger charge is -2.08. The Balaban J connectivity index is 2.37. The molecule has 0 spiro atoms. The Hall–Kier alpha value is -1.16. The normalized spacial score (nSPS) is 10.4. The van der Waals surface area contributed by atoms with E-state index in [0.29, 0.717) is 23.0 Å². The minimum absolute atomic E-state index is 0.00329. The Kier molecular flexibility index (Phi) is 5.19. The molecule has 0 bridgehead atoms. The Bertz CT molecular complexity index is 353. The van der Waals surface area contributed by atoms with Crippen molar-refractivity contribution in [3.8, 4) is 0 Å². The van der Waals surface area contributed by atoms with Crippen LogP contribution in [0.25, 0.3) is 0 Å². The van der Waals surface area contributed by atoms with Crippen molar-refractivity contribution < 1.29 is 4.79 Å². The minimum Gasteiger partial charge on any atom is -0.397 e. The average molecular weight is 238 g/mol. The van der Waals surface area contributed by atoms with Crippen molar-refractivity contribution in [2.45, 2.75) is 13.8 Å². The van der Waals surface area contributed by atoms with Crippen molar-refractivity contribution in [3.05, 3.63) is 24.3 Å². The predicted octanol–water partition coefficient (Wildman–Crippen LogP) is 2.60. The van der Waals surface area contributed by atoms with Gasteiger partial charge in [-0.15, -0.1) is 0 Å². The van der Waals surface area contributed by atoms with Gasteiger partial charge in [-0.1, -0.05) is 26.0 Å². The molecule has 0 saturated heterocycles. The highest BCUT2D eigenvalue weighted by Crippen LogP contribution is 2.17. The van der Waals surface area contributed by atoms with E-state index in [2.05, 4.69) is 19.2 Å². The molecule has 0 unspecified atom stereocenters. The Labute approximate surface area is 101 Å². The van der Waals surface area contributed by atoms with Gasteiger partial charge in [-0.05, 0) is 23.8 Å². The number of nitrogen functional groups attached to an aromatic ring is 1. The quantitative estimate of drug-likeness (QED) is 0.775. The van der Waals surface area contributed by atoms with E-state index in [9.17, 15) is 4.79 Å². The summed E-state index contributed by atoms with van der Waals surface area (Å²) in [6, 6.07) is 7.28. The van der Waals surface area contributed by atoms with E-state index in [1.165, 1.54) is 0 Å². The predicted molar refractivity (Wildman–Crippen MR) is 71.6 cm³/mol. The number of anilines is 2. The molecule has 0 fully saturated rings. The maximum absolute atomic E-state index is 11.6. The third-order valence-corrected chi connectivity index (χ3v) is 3.29. The molecular weight excluding hydrogens is 220 g/mol. The lowest BCUT2D eigenvalue weighted by atomic mass is 10.3. The Morgan fingerprint density at radius 3 is 2.75 bits per heavy atom. The molecule has 3 N–H and O–H groups in total. The molecule has 0 aliphatic heterocycles. The second-order valence-electron chi connectivity index (χ2n) is 4.04. The largest absolute Gasteiger partial charge is 0.397 e. The smallest absolute Gasteiger partial charge is 0.234 e. The van der Waals surface area contributed by atoms with Crippen molar-refractivity contribution in [1.29, 1.82) is 0 Å². The van der Waals surface area contributed by atoms with Crippen LogP contribution in [0.5, 0.6) is 0 Å². The zero-order valence-electron chi connectivity index (χ0n) is 9.69. The van der Waals surface area contributed by atoms with Crippen LogP contribution in [0, 0.1) is 5.92 Å². The number of carbonyl (C=O) groups is 1. The van der Waals surface area contributed by atoms with Gasteiger partial charge in [0.1, 0.15) is 0 Å². The van der Waals surface area contributed by atoms with Gasteiger partial charge in [0.15, 0.2) is 0 Å². The molecule has 0 aromatic heterocycles. The molecular formula is C12H18N2OS. The van der Waals surface area contributed by atoms with Crippen LogP contribution >= 0.6 is 11.8 Å². The lowest BCUT2D eigenvalue weighted by molar-refractivity contribution is -0.113. The zero-order chi connectivity index (χ0) is 12.0. The third kappa shape index (κ3) is 4.57. The number of para-hydroxylation sites is 2. The van der Waals surface area contributed by atoms with Gasteiger partial charge in [0, 0.05) is 0 Å². The summed E-state index contributed by atoms with van der Waals surface area (Å²) in [5.74, 6) is 2.09. The van der Waals surface area contributed by atoms with Gasteiger partial charge in [0.05, 0.1) is 17.1 Å². The number of nitrogens with two attached hydrogens (primary N) is 1. The molecule has 1 aromatic carbocycles. The molecule has 0 radical (unpaired) electrons. The van der Waals surface area contributed by atoms with Crippen LogP contribution in [0.15, 0.2) is 24.3 Å². The van der Waals surface area contributed by atoms with Gasteiger partial charge >= 0.3 is 0 Å². The number of thioether (sulfide) groups is 1. The van der Waals surface area contributed by atoms with Crippen molar-refractivity contribution >= 4 is 29.0 Å². The van der Waals surface area contributed by atoms with Crippen LogP contribution in [0.3, 0.4) is 0 Å². The third-order valence-electron chi connectivity index (χ3n) is 1.92. The van der Waals surface area contributed by atoms with Crippen LogP contribution in [-0.4, -0.2) is 17.4 Å². The second-order valence-corrected chi connectivity index (χ2v) is 5.07. The molecule has 88 valence electrons. The van der Waals surface area contributed by atoms with Crippen molar-refractivity contribution in [1.82, 2.24) is 0 Å². The first kappa shape index (κ1) is 12.9. The standard InChI is InChI=1S/C12H18N2OS/c1-9(2)7-16-8-12(15)14-11-6-4-3-5-10(11)13/h3-6,9H,7-8,13H2,1-2H3,(H,14,15). The van der Waals surface area contributed by atoms with E-state index in [1.807, 2.05) is 12.1 Å². The maximum Gasteiger partial charge on any atom is 0.234 e. The number of nitrogens with one attached hydrogen (secondary N) is 1. The summed E-state index contributed by atoms with van der Waals surface area (Å²) in [6.45, 7) is 4.28. The van der Waals surface area contributed by atoms with Gasteiger partial charge < -0.3 is 11.1 Å². The highest BCUT2D eigenvalue weighted by Gasteiger charge is 2.05. The van der Waals surface area contributed by atoms with Gasteiger partial charge in [-0.25, -0.2) is 0 Å². The van der Waals surface area contributed by atoms with Crippen molar-refractivity contribution in [3.63, 3.8) is 0 Å². The highest BCUT2D eigenvalue weighted by molar-refractivity contribution is 7.99. The number of hydrogen-bond acceptors (Lipinski definition) is 3. The number of amides is 1. The van der Waals surface area contributed by atoms with Crippen molar-refractivity contribution in [2.75, 3.05) is 22.6 Å². The molecule has 0 saturated carbocycles. The van der Waals surface area contributed by atoms with Gasteiger partial charge in [0.2, 0.25) is 5.91 Å². The van der Waals surface area contributed by atoms with Gasteiger partial charge in [-0.3, -0.25) is 4.79 Å². The van der Waals surface area contributed by atoms with E-state index < -0.39 is 0 Å². The number of benzene rings is 1. The number of carbonyl (C=O) groups excluding carboxylic acids is 1. The van der Waals surface area contributed by atoms with Crippen LogP contribution in [0.4, 0.5) is 11.4 Å². The zero-order valence-corrected chi connectivity index (χ0v) is 10.5. The first-order valence-electron chi connectivity index (χ1n) is 5.31. The summed E-state index contributed by atoms with van der Waals surface area (Å²) in [5, 5.41) is 2.80. The molecule has 0 aliphatic rings. The molecule has 0 aliphatic carbocycles. The first-order chi connectivity index (χ1) is 7.59. The minimum atomic E-state index is 0.00329. The molecule has 4 heteroatoms. The summed E-state index contributed by atoms with van der Waals surface area (Å²) in [5.41, 5.74) is 7.02. The topological polar surface area (TPSA) is 55.1 Å². The van der Waals surface area contributed by atoms with Gasteiger partial charge in [0.25, 0.3) is 0 Å². The van der Waals surface area contributed by atoms with Crippen LogP contribution in [0.2, 0.25) is 0 Å². The van der Waals surface area contributed by atoms with Gasteiger partial charge in [-0.2, -0.15) is 11.8 Å². The summed E-state index contributed by atoms with van der Waals surface area (Å²) in [6.07, 6.45) is 0. The Morgan fingerprint density at radius 1 is 1.44 bits per heavy atom. The summed E-state index contributed by atoms with van der Waals surface area (Å²) in [4.78, 5) is 11.6. The second kappa shape index (κ2) is 6.43. The van der Waals surface area contributed by atoms with Crippen LogP contribution in [-0.2, 0) is 4.79 Å². The fraction of sp³-hybridized carbons (Fsp3) is 0.417. The molecule has 1 rings (SSSR count). The number of hydrogen-bond donors (Lipinski definition) is 2. The summed E-state index contributed by atoms with van der Waals surface area (Å²) in [7, 11) is 0. The fourth-order valence-corrected chi connectivity index (χ4v) is 2.03. The molecule has 0 atom stereocenters. The first-order valence-corrected chi connectivity index (χ1v) is 6.47. The molecule has 1 aromatic rings. The van der Waals surface area contributed by atoms with E-state index in [0.717, 1.165) is 5.75 Å². The monoisotopic (exact) mass is 238 g/mol. The molecule has 16 heavy (non-hydrogen) atoms. The van der Waals surface area contributed by atoms with Crippen LogP contribution < -0.4 is 11.1 Å². The SMILES string of the molecule is CC(C)CSCC(=O)Nc1ccccc1N. The van der Waals surface area contributed by atoms with Crippen molar-refractivity contribution in [2.24, 2.45) is 5.92 Å². The van der Waals surface area contributed by atoms with E-state index >= 15 is 0 Å². The van der Waals surface area contributed by atoms with Crippen LogP contribution in [0.1, 0.15) is 13.8 Å². The highest BCUT2D eigenvalue weighted by atomic mass is 32.2. The van der Waals surface area contributed by atoms with E-state index in [-0.39, 0.29) is 5.91 Å².